The van der Waals surface area contributed by atoms with E-state index < -0.39 is 0 Å². The van der Waals surface area contributed by atoms with Crippen LogP contribution in [0.25, 0.3) is 0 Å². The Labute approximate surface area is 121 Å². The molecule has 0 spiro atoms. The number of aromatic nitrogens is 2. The molecule has 1 aliphatic rings. The zero-order valence-corrected chi connectivity index (χ0v) is 12.6. The van der Waals surface area contributed by atoms with Gasteiger partial charge in [-0.25, -0.2) is 0 Å². The minimum atomic E-state index is 0.744. The molecule has 20 heavy (non-hydrogen) atoms. The third kappa shape index (κ3) is 2.78. The predicted molar refractivity (Wildman–Crippen MR) is 81.8 cm³/mol. The van der Waals surface area contributed by atoms with E-state index in [4.69, 9.17) is 5.10 Å². The Kier molecular flexibility index (Phi) is 3.62. The maximum absolute atomic E-state index is 4.72. The molecular formula is C17H23N3. The summed E-state index contributed by atoms with van der Waals surface area (Å²) >= 11 is 0. The van der Waals surface area contributed by atoms with Gasteiger partial charge in [0.1, 0.15) is 0 Å². The minimum Gasteiger partial charge on any atom is -0.310 e. The van der Waals surface area contributed by atoms with Gasteiger partial charge in [-0.1, -0.05) is 24.3 Å². The molecule has 1 N–H and O–H groups in total. The van der Waals surface area contributed by atoms with Crippen molar-refractivity contribution in [3.63, 3.8) is 0 Å². The molecule has 0 radical (unpaired) electrons. The first-order chi connectivity index (χ1) is 9.65. The van der Waals surface area contributed by atoms with Gasteiger partial charge in [-0.2, -0.15) is 5.10 Å². The molecule has 1 aromatic heterocycles. The van der Waals surface area contributed by atoms with Crippen LogP contribution in [-0.4, -0.2) is 15.8 Å². The molecule has 0 atom stereocenters. The van der Waals surface area contributed by atoms with Crippen LogP contribution in [0.4, 0.5) is 0 Å². The van der Waals surface area contributed by atoms with Gasteiger partial charge in [0.25, 0.3) is 0 Å². The average molecular weight is 269 g/mol. The van der Waals surface area contributed by atoms with Crippen molar-refractivity contribution in [2.24, 2.45) is 0 Å². The highest BCUT2D eigenvalue weighted by Crippen LogP contribution is 2.21. The van der Waals surface area contributed by atoms with Crippen LogP contribution in [0.2, 0.25) is 0 Å². The quantitative estimate of drug-likeness (QED) is 0.904. The Morgan fingerprint density at radius 3 is 2.65 bits per heavy atom. The molecule has 1 aliphatic carbocycles. The predicted octanol–water partition coefficient (Wildman–Crippen LogP) is 3.11. The average Bonchev–Trinajstić information content (AvgIpc) is 3.20. The molecule has 3 nitrogen and oxygen atoms in total. The number of hydrogen-bond donors (Lipinski definition) is 1. The smallest absolute Gasteiger partial charge is 0.0665 e. The minimum absolute atomic E-state index is 0.744. The van der Waals surface area contributed by atoms with Crippen molar-refractivity contribution in [3.05, 3.63) is 52.3 Å². The van der Waals surface area contributed by atoms with Crippen molar-refractivity contribution < 1.29 is 0 Å². The second-order valence-electron chi connectivity index (χ2n) is 5.89. The molecule has 0 unspecified atom stereocenters. The maximum Gasteiger partial charge on any atom is 0.0665 e. The molecular weight excluding hydrogens is 246 g/mol. The molecule has 1 fully saturated rings. The van der Waals surface area contributed by atoms with Gasteiger partial charge in [-0.05, 0) is 44.7 Å². The number of benzene rings is 1. The maximum atomic E-state index is 4.72. The summed E-state index contributed by atoms with van der Waals surface area (Å²) in [5.41, 5.74) is 6.49. The van der Waals surface area contributed by atoms with Crippen molar-refractivity contribution in [2.45, 2.75) is 52.7 Å². The van der Waals surface area contributed by atoms with E-state index >= 15 is 0 Å². The van der Waals surface area contributed by atoms with Crippen LogP contribution >= 0.6 is 0 Å². The first-order valence-electron chi connectivity index (χ1n) is 7.46. The summed E-state index contributed by atoms with van der Waals surface area (Å²) in [6.07, 6.45) is 2.66. The van der Waals surface area contributed by atoms with Crippen LogP contribution in [0.5, 0.6) is 0 Å². The van der Waals surface area contributed by atoms with Crippen LogP contribution < -0.4 is 5.32 Å². The highest BCUT2D eigenvalue weighted by molar-refractivity contribution is 5.29. The Balaban J connectivity index is 1.79. The molecule has 1 heterocycles. The molecule has 106 valence electrons. The summed E-state index contributed by atoms with van der Waals surface area (Å²) in [5, 5.41) is 8.31. The first-order valence-corrected chi connectivity index (χ1v) is 7.46. The van der Waals surface area contributed by atoms with E-state index in [0.717, 1.165) is 24.8 Å². The number of rotatable bonds is 5. The van der Waals surface area contributed by atoms with Crippen molar-refractivity contribution in [1.29, 1.82) is 0 Å². The van der Waals surface area contributed by atoms with Gasteiger partial charge in [-0.15, -0.1) is 0 Å². The highest BCUT2D eigenvalue weighted by atomic mass is 15.3. The van der Waals surface area contributed by atoms with Gasteiger partial charge in [0.05, 0.1) is 12.2 Å². The molecule has 2 aromatic rings. The third-order valence-electron chi connectivity index (χ3n) is 4.26. The van der Waals surface area contributed by atoms with E-state index in [9.17, 15) is 0 Å². The normalized spacial score (nSPS) is 14.8. The topological polar surface area (TPSA) is 29.9 Å². The van der Waals surface area contributed by atoms with Gasteiger partial charge < -0.3 is 5.32 Å². The van der Waals surface area contributed by atoms with Crippen molar-refractivity contribution in [2.75, 3.05) is 0 Å². The number of aryl methyl sites for hydroxylation is 2. The largest absolute Gasteiger partial charge is 0.310 e. The van der Waals surface area contributed by atoms with Crippen LogP contribution in [0.3, 0.4) is 0 Å². The fraction of sp³-hybridized carbons (Fsp3) is 0.471. The molecule has 0 bridgehead atoms. The monoisotopic (exact) mass is 269 g/mol. The summed E-state index contributed by atoms with van der Waals surface area (Å²) in [4.78, 5) is 0. The summed E-state index contributed by atoms with van der Waals surface area (Å²) in [6.45, 7) is 8.28. The van der Waals surface area contributed by atoms with Gasteiger partial charge in [0.2, 0.25) is 0 Å². The lowest BCUT2D eigenvalue weighted by molar-refractivity contribution is 0.650. The van der Waals surface area contributed by atoms with Crippen LogP contribution in [0.15, 0.2) is 24.3 Å². The molecule has 3 heteroatoms. The first kappa shape index (κ1) is 13.4. The van der Waals surface area contributed by atoms with Gasteiger partial charge >= 0.3 is 0 Å². The number of nitrogens with zero attached hydrogens (tertiary/aromatic N) is 2. The van der Waals surface area contributed by atoms with Gasteiger partial charge in [0, 0.05) is 23.8 Å². The van der Waals surface area contributed by atoms with Crippen LogP contribution in [0, 0.1) is 20.8 Å². The van der Waals surface area contributed by atoms with E-state index in [-0.39, 0.29) is 0 Å². The molecule has 3 rings (SSSR count). The molecule has 1 saturated carbocycles. The van der Waals surface area contributed by atoms with E-state index in [1.807, 2.05) is 0 Å². The van der Waals surface area contributed by atoms with Gasteiger partial charge in [0.15, 0.2) is 0 Å². The number of nitrogens with one attached hydrogen (secondary N) is 1. The fourth-order valence-electron chi connectivity index (χ4n) is 2.63. The summed E-state index contributed by atoms with van der Waals surface area (Å²) in [5.74, 6) is 0. The Hall–Kier alpha value is -1.61. The number of hydrogen-bond acceptors (Lipinski definition) is 2. The summed E-state index contributed by atoms with van der Waals surface area (Å²) in [7, 11) is 0. The van der Waals surface area contributed by atoms with Crippen LogP contribution in [-0.2, 0) is 13.1 Å². The van der Waals surface area contributed by atoms with E-state index in [1.165, 1.54) is 35.2 Å². The summed E-state index contributed by atoms with van der Waals surface area (Å²) in [6, 6.07) is 9.28. The standard InChI is InChI=1S/C17H23N3/c1-12-6-4-5-7-15(12)11-20-14(3)17(13(2)19-20)10-18-16-8-9-16/h4-7,16,18H,8-11H2,1-3H3. The van der Waals surface area contributed by atoms with E-state index in [0.29, 0.717) is 0 Å². The molecule has 1 aromatic carbocycles. The third-order valence-corrected chi connectivity index (χ3v) is 4.26. The lowest BCUT2D eigenvalue weighted by atomic mass is 10.1. The van der Waals surface area contributed by atoms with Crippen molar-refractivity contribution in [3.8, 4) is 0 Å². The SMILES string of the molecule is Cc1ccccc1Cn1nc(C)c(CNC2CC2)c1C. The second kappa shape index (κ2) is 5.41. The van der Waals surface area contributed by atoms with Crippen molar-refractivity contribution >= 4 is 0 Å². The van der Waals surface area contributed by atoms with E-state index in [1.54, 1.807) is 0 Å². The Bertz CT molecular complexity index is 609. The highest BCUT2D eigenvalue weighted by Gasteiger charge is 2.21. The zero-order chi connectivity index (χ0) is 14.1. The van der Waals surface area contributed by atoms with Gasteiger partial charge in [-0.3, -0.25) is 4.68 Å². The molecule has 0 saturated heterocycles. The van der Waals surface area contributed by atoms with Crippen molar-refractivity contribution in [1.82, 2.24) is 15.1 Å². The second-order valence-corrected chi connectivity index (χ2v) is 5.89. The molecule has 0 aliphatic heterocycles. The van der Waals surface area contributed by atoms with Crippen LogP contribution in [0.1, 0.15) is 40.9 Å². The zero-order valence-electron chi connectivity index (χ0n) is 12.6. The lowest BCUT2D eigenvalue weighted by Crippen LogP contribution is -2.16. The Morgan fingerprint density at radius 2 is 1.95 bits per heavy atom. The molecule has 0 amide bonds. The Morgan fingerprint density at radius 1 is 1.20 bits per heavy atom. The van der Waals surface area contributed by atoms with E-state index in [2.05, 4.69) is 55.0 Å². The summed E-state index contributed by atoms with van der Waals surface area (Å²) < 4.78 is 2.14. The lowest BCUT2D eigenvalue weighted by Gasteiger charge is -2.08. The fourth-order valence-corrected chi connectivity index (χ4v) is 2.63.